The molecule has 2 saturated heterocycles. The Bertz CT molecular complexity index is 725. The van der Waals surface area contributed by atoms with E-state index in [0.717, 1.165) is 35.9 Å². The summed E-state index contributed by atoms with van der Waals surface area (Å²) in [6, 6.07) is 5.82. The molecule has 3 heterocycles. The molecule has 6 heteroatoms. The highest BCUT2D eigenvalue weighted by Crippen LogP contribution is 2.53. The highest BCUT2D eigenvalue weighted by atomic mass is 16.5. The first-order valence-electron chi connectivity index (χ1n) is 9.16. The lowest BCUT2D eigenvalue weighted by atomic mass is 9.65. The lowest BCUT2D eigenvalue weighted by molar-refractivity contribution is -0.205. The van der Waals surface area contributed by atoms with Gasteiger partial charge >= 0.3 is 0 Å². The first kappa shape index (κ1) is 15.2. The Morgan fingerprint density at radius 3 is 2.72 bits per heavy atom. The Balaban J connectivity index is 1.37. The van der Waals surface area contributed by atoms with Gasteiger partial charge in [-0.2, -0.15) is 0 Å². The molecule has 4 bridgehead atoms. The predicted octanol–water partition coefficient (Wildman–Crippen LogP) is 1.84. The number of fused-ring (bicyclic) bond motifs is 1. The molecule has 2 unspecified atom stereocenters. The van der Waals surface area contributed by atoms with E-state index in [0.29, 0.717) is 18.2 Å². The SMILES string of the molecule is NC(=O)CN1Cc2cc(NC34CC5CC(CC(C5)O3)C4)ccc2C1=O. The molecule has 1 aromatic carbocycles. The van der Waals surface area contributed by atoms with Gasteiger partial charge in [-0.05, 0) is 67.7 Å². The van der Waals surface area contributed by atoms with Gasteiger partial charge in [-0.3, -0.25) is 9.59 Å². The van der Waals surface area contributed by atoms with Gasteiger partial charge in [0.25, 0.3) is 5.91 Å². The Kier molecular flexibility index (Phi) is 3.17. The van der Waals surface area contributed by atoms with Crippen molar-refractivity contribution < 1.29 is 14.3 Å². The molecular formula is C19H23N3O3. The molecule has 5 aliphatic rings. The minimum atomic E-state index is -0.485. The minimum Gasteiger partial charge on any atom is -0.368 e. The normalized spacial score (nSPS) is 35.1. The van der Waals surface area contributed by atoms with Gasteiger partial charge in [0.1, 0.15) is 5.72 Å². The third kappa shape index (κ3) is 2.51. The molecule has 0 aromatic heterocycles. The standard InChI is InChI=1S/C19H23N3O3/c20-17(23)10-22-9-13-6-14(1-2-16(13)18(22)24)21-19-7-11-3-12(8-19)5-15(4-11)25-19/h1-2,6,11-12,15,21H,3-5,7-10H2,(H2,20,23). The summed E-state index contributed by atoms with van der Waals surface area (Å²) in [5, 5.41) is 3.64. The van der Waals surface area contributed by atoms with Gasteiger partial charge in [0, 0.05) is 17.8 Å². The summed E-state index contributed by atoms with van der Waals surface area (Å²) in [5.74, 6) is 0.953. The van der Waals surface area contributed by atoms with E-state index in [4.69, 9.17) is 10.5 Å². The fourth-order valence-corrected chi connectivity index (χ4v) is 5.53. The number of anilines is 1. The van der Waals surface area contributed by atoms with Crippen molar-refractivity contribution in [2.24, 2.45) is 17.6 Å². The third-order valence-electron chi connectivity index (χ3n) is 6.19. The number of amides is 2. The van der Waals surface area contributed by atoms with Crippen LogP contribution in [0.25, 0.3) is 0 Å². The van der Waals surface area contributed by atoms with E-state index in [9.17, 15) is 9.59 Å². The summed E-state index contributed by atoms with van der Waals surface area (Å²) in [6.45, 7) is 0.405. The van der Waals surface area contributed by atoms with Gasteiger partial charge in [-0.1, -0.05) is 0 Å². The van der Waals surface area contributed by atoms with Crippen LogP contribution in [0.3, 0.4) is 0 Å². The number of nitrogens with one attached hydrogen (secondary N) is 1. The van der Waals surface area contributed by atoms with Crippen molar-refractivity contribution in [3.63, 3.8) is 0 Å². The van der Waals surface area contributed by atoms with Crippen molar-refractivity contribution in [3.05, 3.63) is 29.3 Å². The number of nitrogens with zero attached hydrogens (tertiary/aromatic N) is 1. The summed E-state index contributed by atoms with van der Waals surface area (Å²) in [4.78, 5) is 25.0. The van der Waals surface area contributed by atoms with Crippen molar-refractivity contribution in [1.29, 1.82) is 0 Å². The van der Waals surface area contributed by atoms with Gasteiger partial charge in [0.05, 0.1) is 12.6 Å². The number of hydrogen-bond acceptors (Lipinski definition) is 4. The molecule has 3 aliphatic heterocycles. The molecule has 2 saturated carbocycles. The predicted molar refractivity (Wildman–Crippen MR) is 91.7 cm³/mol. The lowest BCUT2D eigenvalue weighted by Gasteiger charge is -2.56. The van der Waals surface area contributed by atoms with Crippen LogP contribution in [0.2, 0.25) is 0 Å². The molecule has 4 fully saturated rings. The van der Waals surface area contributed by atoms with E-state index >= 15 is 0 Å². The van der Waals surface area contributed by atoms with Gasteiger partial charge in [-0.15, -0.1) is 0 Å². The van der Waals surface area contributed by atoms with Gasteiger partial charge in [0.15, 0.2) is 0 Å². The van der Waals surface area contributed by atoms with Crippen molar-refractivity contribution in [2.75, 3.05) is 11.9 Å². The molecule has 1 aromatic rings. The molecule has 6 nitrogen and oxygen atoms in total. The van der Waals surface area contributed by atoms with E-state index in [1.807, 2.05) is 18.2 Å². The zero-order valence-corrected chi connectivity index (χ0v) is 14.2. The van der Waals surface area contributed by atoms with E-state index < -0.39 is 5.91 Å². The molecule has 2 atom stereocenters. The van der Waals surface area contributed by atoms with E-state index in [2.05, 4.69) is 5.32 Å². The van der Waals surface area contributed by atoms with Crippen LogP contribution in [0.4, 0.5) is 5.69 Å². The van der Waals surface area contributed by atoms with Crippen LogP contribution < -0.4 is 11.1 Å². The number of carbonyl (C=O) groups is 2. The summed E-state index contributed by atoms with van der Waals surface area (Å²) in [6.07, 6.45) is 6.32. The number of nitrogens with two attached hydrogens (primary N) is 1. The molecule has 25 heavy (non-hydrogen) atoms. The van der Waals surface area contributed by atoms with Crippen LogP contribution in [-0.2, 0) is 16.1 Å². The monoisotopic (exact) mass is 341 g/mol. The molecule has 0 spiro atoms. The average molecular weight is 341 g/mol. The van der Waals surface area contributed by atoms with E-state index in [-0.39, 0.29) is 18.2 Å². The fourth-order valence-electron chi connectivity index (χ4n) is 5.53. The Hall–Kier alpha value is -2.08. The highest BCUT2D eigenvalue weighted by molar-refractivity contribution is 6.00. The van der Waals surface area contributed by atoms with Crippen molar-refractivity contribution in [2.45, 2.75) is 50.5 Å². The maximum atomic E-state index is 12.3. The summed E-state index contributed by atoms with van der Waals surface area (Å²) >= 11 is 0. The van der Waals surface area contributed by atoms with Gasteiger partial charge in [-0.25, -0.2) is 0 Å². The largest absolute Gasteiger partial charge is 0.368 e. The van der Waals surface area contributed by atoms with E-state index in [1.165, 1.54) is 24.2 Å². The second-order valence-electron chi connectivity index (χ2n) is 8.21. The average Bonchev–Trinajstić information content (AvgIpc) is 2.80. The van der Waals surface area contributed by atoms with Crippen LogP contribution in [0.15, 0.2) is 18.2 Å². The topological polar surface area (TPSA) is 84.7 Å². The molecule has 132 valence electrons. The van der Waals surface area contributed by atoms with Crippen molar-refractivity contribution >= 4 is 17.5 Å². The number of benzene rings is 1. The molecule has 2 aliphatic carbocycles. The maximum absolute atomic E-state index is 12.3. The van der Waals surface area contributed by atoms with Crippen LogP contribution in [0, 0.1) is 11.8 Å². The van der Waals surface area contributed by atoms with Gasteiger partial charge < -0.3 is 20.7 Å². The highest BCUT2D eigenvalue weighted by Gasteiger charge is 2.52. The fraction of sp³-hybridized carbons (Fsp3) is 0.579. The number of rotatable bonds is 4. The molecular weight excluding hydrogens is 318 g/mol. The summed E-state index contributed by atoms with van der Waals surface area (Å²) in [5.41, 5.74) is 7.60. The van der Waals surface area contributed by atoms with Crippen LogP contribution in [0.1, 0.15) is 48.0 Å². The van der Waals surface area contributed by atoms with Gasteiger partial charge in [0.2, 0.25) is 5.91 Å². The molecule has 3 N–H and O–H groups in total. The molecule has 2 amide bonds. The second-order valence-corrected chi connectivity index (χ2v) is 8.21. The molecule has 6 rings (SSSR count). The van der Waals surface area contributed by atoms with Crippen molar-refractivity contribution in [1.82, 2.24) is 4.90 Å². The zero-order valence-electron chi connectivity index (χ0n) is 14.2. The first-order chi connectivity index (χ1) is 12.0. The van der Waals surface area contributed by atoms with Crippen LogP contribution >= 0.6 is 0 Å². The lowest BCUT2D eigenvalue weighted by Crippen LogP contribution is -2.58. The number of ether oxygens (including phenoxy) is 1. The smallest absolute Gasteiger partial charge is 0.254 e. The first-order valence-corrected chi connectivity index (χ1v) is 9.16. The quantitative estimate of drug-likeness (QED) is 0.875. The summed E-state index contributed by atoms with van der Waals surface area (Å²) < 4.78 is 6.38. The zero-order chi connectivity index (χ0) is 17.2. The number of hydrogen-bond donors (Lipinski definition) is 2. The van der Waals surface area contributed by atoms with Crippen LogP contribution in [0.5, 0.6) is 0 Å². The minimum absolute atomic E-state index is 0.0334. The number of primary amides is 1. The van der Waals surface area contributed by atoms with Crippen molar-refractivity contribution in [3.8, 4) is 0 Å². The number of carbonyl (C=O) groups excluding carboxylic acids is 2. The maximum Gasteiger partial charge on any atom is 0.254 e. The second kappa shape index (κ2) is 5.21. The summed E-state index contributed by atoms with van der Waals surface area (Å²) in [7, 11) is 0. The third-order valence-corrected chi connectivity index (χ3v) is 6.19. The Morgan fingerprint density at radius 2 is 2.04 bits per heavy atom. The Labute approximate surface area is 146 Å². The van der Waals surface area contributed by atoms with Crippen LogP contribution in [-0.4, -0.2) is 35.1 Å². The molecule has 0 radical (unpaired) electrons. The van der Waals surface area contributed by atoms with E-state index in [1.54, 1.807) is 0 Å². The Morgan fingerprint density at radius 1 is 1.28 bits per heavy atom.